The summed E-state index contributed by atoms with van der Waals surface area (Å²) < 4.78 is 17.8. The van der Waals surface area contributed by atoms with Gasteiger partial charge in [-0.15, -0.1) is 0 Å². The molecule has 4 nitrogen and oxygen atoms in total. The Kier molecular flexibility index (Phi) is 15.2. The Bertz CT molecular complexity index is 1140. The fraction of sp³-hybridized carbons (Fsp3) is 0.649. The first-order chi connectivity index (χ1) is 20.2. The SMILES string of the molecule is CCCC[Si](C)(C)O[Si](C)(C)CCCCCCCCCCC(C)(c1ccc(OC)c(C)c1)c1ccc(OC(C)=O)c(C)c1. The largest absolute Gasteiger partial charge is 0.496 e. The molecule has 0 fully saturated rings. The minimum atomic E-state index is -1.54. The van der Waals surface area contributed by atoms with Crippen LogP contribution in [0, 0.1) is 13.8 Å². The molecule has 0 aliphatic carbocycles. The van der Waals surface area contributed by atoms with Gasteiger partial charge in [0.25, 0.3) is 0 Å². The van der Waals surface area contributed by atoms with Crippen LogP contribution < -0.4 is 9.47 Å². The van der Waals surface area contributed by atoms with E-state index >= 15 is 0 Å². The van der Waals surface area contributed by atoms with Crippen molar-refractivity contribution in [3.05, 3.63) is 58.7 Å². The predicted octanol–water partition coefficient (Wildman–Crippen LogP) is 11.3. The summed E-state index contributed by atoms with van der Waals surface area (Å²) >= 11 is 0. The lowest BCUT2D eigenvalue weighted by atomic mass is 9.72. The van der Waals surface area contributed by atoms with Gasteiger partial charge in [-0.25, -0.2) is 0 Å². The molecule has 0 amide bonds. The van der Waals surface area contributed by atoms with Crippen molar-refractivity contribution in [2.24, 2.45) is 0 Å². The van der Waals surface area contributed by atoms with Crippen LogP contribution in [-0.4, -0.2) is 29.7 Å². The zero-order chi connectivity index (χ0) is 32.1. The second kappa shape index (κ2) is 17.6. The van der Waals surface area contributed by atoms with Crippen LogP contribution in [0.2, 0.25) is 38.3 Å². The number of unbranched alkanes of at least 4 members (excludes halogenated alkanes) is 8. The molecule has 1 atom stereocenters. The van der Waals surface area contributed by atoms with Crippen LogP contribution in [0.4, 0.5) is 0 Å². The maximum Gasteiger partial charge on any atom is 0.308 e. The molecule has 0 aliphatic heterocycles. The quantitative estimate of drug-likeness (QED) is 0.0635. The van der Waals surface area contributed by atoms with Crippen molar-refractivity contribution in [1.82, 2.24) is 0 Å². The molecule has 0 spiro atoms. The Morgan fingerprint density at radius 2 is 1.19 bits per heavy atom. The van der Waals surface area contributed by atoms with E-state index in [4.69, 9.17) is 13.6 Å². The van der Waals surface area contributed by atoms with Crippen LogP contribution in [0.1, 0.15) is 114 Å². The minimum absolute atomic E-state index is 0.136. The predicted molar refractivity (Wildman–Crippen MR) is 189 cm³/mol. The lowest BCUT2D eigenvalue weighted by Crippen LogP contribution is -2.44. The summed E-state index contributed by atoms with van der Waals surface area (Å²) in [4.78, 5) is 11.5. The van der Waals surface area contributed by atoms with E-state index in [-0.39, 0.29) is 11.4 Å². The molecule has 242 valence electrons. The average Bonchev–Trinajstić information content (AvgIpc) is 2.93. The van der Waals surface area contributed by atoms with Gasteiger partial charge in [0.15, 0.2) is 16.6 Å². The van der Waals surface area contributed by atoms with Crippen LogP contribution in [-0.2, 0) is 14.3 Å². The van der Waals surface area contributed by atoms with Crippen LogP contribution in [0.3, 0.4) is 0 Å². The number of carbonyl (C=O) groups excluding carboxylic acids is 1. The van der Waals surface area contributed by atoms with Crippen molar-refractivity contribution in [3.8, 4) is 11.5 Å². The van der Waals surface area contributed by atoms with Gasteiger partial charge in [-0.05, 0) is 92.9 Å². The highest BCUT2D eigenvalue weighted by molar-refractivity contribution is 6.84. The third-order valence-electron chi connectivity index (χ3n) is 8.99. The standard InChI is InChI=1S/C37H62O4Si2/c1-11-12-26-42(7,8)41-43(9,10)27-20-18-16-14-13-15-17-19-25-37(5,33-21-23-35(39-6)30(2)28-33)34-22-24-36(31(3)29-34)40-32(4)38/h21-24,28-29H,11-20,25-27H2,1-10H3. The van der Waals surface area contributed by atoms with E-state index in [0.717, 1.165) is 23.3 Å². The van der Waals surface area contributed by atoms with Crippen molar-refractivity contribution in [2.75, 3.05) is 7.11 Å². The lowest BCUT2D eigenvalue weighted by Gasteiger charge is -2.34. The Hall–Kier alpha value is -1.90. The van der Waals surface area contributed by atoms with Crippen LogP contribution >= 0.6 is 0 Å². The van der Waals surface area contributed by atoms with Gasteiger partial charge in [0, 0.05) is 12.3 Å². The number of ether oxygens (including phenoxy) is 2. The summed E-state index contributed by atoms with van der Waals surface area (Å²) in [7, 11) is -1.30. The number of rotatable bonds is 20. The number of methoxy groups -OCH3 is 1. The molecule has 0 saturated heterocycles. The highest BCUT2D eigenvalue weighted by atomic mass is 28.4. The summed E-state index contributed by atoms with van der Waals surface area (Å²) in [5.41, 5.74) is 4.57. The van der Waals surface area contributed by atoms with E-state index in [2.05, 4.69) is 77.3 Å². The zero-order valence-electron chi connectivity index (χ0n) is 29.3. The third kappa shape index (κ3) is 12.6. The first-order valence-corrected chi connectivity index (χ1v) is 23.1. The van der Waals surface area contributed by atoms with E-state index < -0.39 is 16.6 Å². The molecular weight excluding hydrogens is 565 g/mol. The minimum Gasteiger partial charge on any atom is -0.496 e. The van der Waals surface area contributed by atoms with E-state index in [1.54, 1.807) is 7.11 Å². The van der Waals surface area contributed by atoms with Crippen molar-refractivity contribution < 1.29 is 18.4 Å². The van der Waals surface area contributed by atoms with Crippen molar-refractivity contribution in [3.63, 3.8) is 0 Å². The van der Waals surface area contributed by atoms with Crippen molar-refractivity contribution in [1.29, 1.82) is 0 Å². The number of hydrogen-bond donors (Lipinski definition) is 0. The van der Waals surface area contributed by atoms with Crippen LogP contribution in [0.25, 0.3) is 0 Å². The second-order valence-corrected chi connectivity index (χ2v) is 23.0. The lowest BCUT2D eigenvalue weighted by molar-refractivity contribution is -0.131. The number of carbonyl (C=O) groups is 1. The van der Waals surface area contributed by atoms with Gasteiger partial charge in [-0.1, -0.05) is 102 Å². The molecule has 0 aromatic heterocycles. The van der Waals surface area contributed by atoms with Crippen LogP contribution in [0.5, 0.6) is 11.5 Å². The first kappa shape index (κ1) is 37.3. The van der Waals surface area contributed by atoms with E-state index in [0.29, 0.717) is 5.75 Å². The molecule has 0 bridgehead atoms. The van der Waals surface area contributed by atoms with Crippen molar-refractivity contribution in [2.45, 2.75) is 149 Å². The molecular formula is C37H62O4Si2. The van der Waals surface area contributed by atoms with Crippen LogP contribution in [0.15, 0.2) is 36.4 Å². The first-order valence-electron chi connectivity index (χ1n) is 16.9. The molecule has 0 heterocycles. The molecule has 2 aromatic carbocycles. The second-order valence-electron chi connectivity index (χ2n) is 14.1. The average molecular weight is 627 g/mol. The Labute approximate surface area is 266 Å². The molecule has 1 unspecified atom stereocenters. The number of esters is 1. The number of aryl methyl sites for hydroxylation is 2. The maximum atomic E-state index is 11.5. The summed E-state index contributed by atoms with van der Waals surface area (Å²) in [6, 6.07) is 15.5. The normalized spacial score (nSPS) is 13.5. The molecule has 2 aromatic rings. The van der Waals surface area contributed by atoms with E-state index in [1.165, 1.54) is 94.3 Å². The Morgan fingerprint density at radius 1 is 0.721 bits per heavy atom. The van der Waals surface area contributed by atoms with E-state index in [9.17, 15) is 4.79 Å². The fourth-order valence-electron chi connectivity index (χ4n) is 6.48. The molecule has 0 N–H and O–H groups in total. The van der Waals surface area contributed by atoms with Crippen molar-refractivity contribution >= 4 is 22.6 Å². The fourth-order valence-corrected chi connectivity index (χ4v) is 15.6. The smallest absolute Gasteiger partial charge is 0.308 e. The molecule has 0 radical (unpaired) electrons. The third-order valence-corrected chi connectivity index (χ3v) is 16.5. The summed E-state index contributed by atoms with van der Waals surface area (Å²) in [6.45, 7) is 19.9. The molecule has 0 aliphatic rings. The highest BCUT2D eigenvalue weighted by Crippen LogP contribution is 2.40. The monoisotopic (exact) mass is 626 g/mol. The maximum absolute atomic E-state index is 11.5. The van der Waals surface area contributed by atoms with Gasteiger partial charge in [-0.3, -0.25) is 4.79 Å². The summed E-state index contributed by atoms with van der Waals surface area (Å²) in [5.74, 6) is 1.27. The van der Waals surface area contributed by atoms with Gasteiger partial charge in [-0.2, -0.15) is 0 Å². The highest BCUT2D eigenvalue weighted by Gasteiger charge is 2.32. The van der Waals surface area contributed by atoms with E-state index in [1.807, 2.05) is 13.0 Å². The zero-order valence-corrected chi connectivity index (χ0v) is 31.3. The summed E-state index contributed by atoms with van der Waals surface area (Å²) in [6.07, 6.45) is 14.1. The molecule has 43 heavy (non-hydrogen) atoms. The number of benzene rings is 2. The Morgan fingerprint density at radius 3 is 1.65 bits per heavy atom. The van der Waals surface area contributed by atoms with Gasteiger partial charge < -0.3 is 13.6 Å². The van der Waals surface area contributed by atoms with Gasteiger partial charge in [0.1, 0.15) is 11.5 Å². The number of hydrogen-bond acceptors (Lipinski definition) is 4. The van der Waals surface area contributed by atoms with Gasteiger partial charge >= 0.3 is 5.97 Å². The van der Waals surface area contributed by atoms with Gasteiger partial charge in [0.2, 0.25) is 0 Å². The van der Waals surface area contributed by atoms with Gasteiger partial charge in [0.05, 0.1) is 7.11 Å². The summed E-state index contributed by atoms with van der Waals surface area (Å²) in [5, 5.41) is 0. The molecule has 2 rings (SSSR count). The molecule has 6 heteroatoms. The topological polar surface area (TPSA) is 44.8 Å². The molecule has 0 saturated carbocycles. The Balaban J connectivity index is 1.87.